The largest absolute Gasteiger partial charge is 0.497 e. The van der Waals surface area contributed by atoms with Crippen LogP contribution in [-0.4, -0.2) is 47.8 Å². The van der Waals surface area contributed by atoms with Crippen LogP contribution in [0.25, 0.3) is 11.1 Å². The predicted octanol–water partition coefficient (Wildman–Crippen LogP) is 7.21. The number of aromatic amines is 2. The summed E-state index contributed by atoms with van der Waals surface area (Å²) in [4.78, 5) is 17.3. The maximum absolute atomic E-state index is 12.9. The topological polar surface area (TPSA) is 104 Å². The lowest BCUT2D eigenvalue weighted by Gasteiger charge is -2.27. The van der Waals surface area contributed by atoms with Gasteiger partial charge in [-0.1, -0.05) is 36.4 Å². The van der Waals surface area contributed by atoms with E-state index in [9.17, 15) is 5.11 Å². The van der Waals surface area contributed by atoms with Gasteiger partial charge in [-0.2, -0.15) is 0 Å². The van der Waals surface area contributed by atoms with E-state index in [1.54, 1.807) is 21.3 Å². The van der Waals surface area contributed by atoms with Crippen LogP contribution in [0.3, 0.4) is 0 Å². The van der Waals surface area contributed by atoms with Crippen molar-refractivity contribution in [1.29, 1.82) is 0 Å². The number of nitrogens with one attached hydrogen (secondary N) is 2. The van der Waals surface area contributed by atoms with Gasteiger partial charge in [0.2, 0.25) is 0 Å². The van der Waals surface area contributed by atoms with Crippen LogP contribution in [0, 0.1) is 0 Å². The first-order chi connectivity index (χ1) is 23.5. The van der Waals surface area contributed by atoms with Gasteiger partial charge < -0.3 is 29.3 Å². The molecule has 48 heavy (non-hydrogen) atoms. The molecule has 0 unspecified atom stereocenters. The van der Waals surface area contributed by atoms with E-state index in [2.05, 4.69) is 9.97 Å². The highest BCUT2D eigenvalue weighted by Gasteiger charge is 2.38. The van der Waals surface area contributed by atoms with E-state index in [-0.39, 0.29) is 0 Å². The van der Waals surface area contributed by atoms with Gasteiger partial charge in [0.15, 0.2) is 5.60 Å². The van der Waals surface area contributed by atoms with Gasteiger partial charge in [0.25, 0.3) is 0 Å². The minimum Gasteiger partial charge on any atom is -0.497 e. The fourth-order valence-corrected chi connectivity index (χ4v) is 6.48. The third kappa shape index (κ3) is 4.82. The molecule has 8 heteroatoms. The van der Waals surface area contributed by atoms with Crippen molar-refractivity contribution in [2.24, 2.45) is 9.98 Å². The van der Waals surface area contributed by atoms with Crippen LogP contribution < -0.4 is 14.2 Å². The highest BCUT2D eigenvalue weighted by Crippen LogP contribution is 2.41. The maximum Gasteiger partial charge on any atom is 0.169 e. The van der Waals surface area contributed by atoms with Crippen LogP contribution in [0.15, 0.2) is 143 Å². The third-order valence-corrected chi connectivity index (χ3v) is 9.01. The number of aliphatic imine (C=N–C) groups is 2. The number of benzene rings is 3. The molecule has 0 radical (unpaired) electrons. The zero-order valence-corrected chi connectivity index (χ0v) is 26.6. The molecule has 0 saturated carbocycles. The molecule has 3 aromatic carbocycles. The monoisotopic (exact) mass is 632 g/mol. The fourth-order valence-electron chi connectivity index (χ4n) is 6.48. The molecule has 5 aromatic rings. The standard InChI is InChI=1S/C40H32N4O4/c1-46-27-10-4-24(5-11-27)38-32-18-16-30(41-32)31-17-19-33(42-31)39(25-6-12-28(47-2)13-7-25)35-21-23-37(44-35)40(45,36-22-20-34(38)43-36)26-8-14-29(48-3)15-9-26/h4-23,43-45H,1-3H3/b38-32-,39-33-. The van der Waals surface area contributed by atoms with Crippen molar-refractivity contribution in [1.82, 2.24) is 9.97 Å². The van der Waals surface area contributed by atoms with Gasteiger partial charge in [-0.3, -0.25) is 0 Å². The first kappa shape index (κ1) is 29.3. The van der Waals surface area contributed by atoms with E-state index in [1.807, 2.05) is 121 Å². The van der Waals surface area contributed by atoms with Gasteiger partial charge in [0.05, 0.1) is 55.5 Å². The van der Waals surface area contributed by atoms with Crippen LogP contribution in [-0.2, 0) is 5.60 Å². The summed E-state index contributed by atoms with van der Waals surface area (Å²) in [6.07, 6.45) is 8.01. The minimum atomic E-state index is -1.59. The highest BCUT2D eigenvalue weighted by atomic mass is 16.5. The zero-order chi connectivity index (χ0) is 32.8. The zero-order valence-electron chi connectivity index (χ0n) is 26.6. The number of allylic oxidation sites excluding steroid dienone is 4. The number of hydrogen-bond donors (Lipinski definition) is 3. The van der Waals surface area contributed by atoms with E-state index in [0.717, 1.165) is 68.0 Å². The molecule has 3 N–H and O–H groups in total. The summed E-state index contributed by atoms with van der Waals surface area (Å²) in [6, 6.07) is 31.1. The summed E-state index contributed by atoms with van der Waals surface area (Å²) >= 11 is 0. The van der Waals surface area contributed by atoms with Crippen molar-refractivity contribution in [3.8, 4) is 17.2 Å². The second-order valence-corrected chi connectivity index (χ2v) is 11.6. The number of methoxy groups -OCH3 is 3. The Hall–Kier alpha value is -6.12. The Morgan fingerprint density at radius 1 is 0.500 bits per heavy atom. The lowest BCUT2D eigenvalue weighted by Crippen LogP contribution is -2.30. The summed E-state index contributed by atoms with van der Waals surface area (Å²) in [6.45, 7) is 0. The Bertz CT molecular complexity index is 2090. The average Bonchev–Trinajstić information content (AvgIpc) is 3.97. The number of ether oxygens (including phenoxy) is 3. The normalized spacial score (nSPS) is 21.0. The lowest BCUT2D eigenvalue weighted by atomic mass is 9.87. The SMILES string of the molecule is COc1ccc(/C2=C3\C=CC(=N3)C3=N/C(=C(/c4ccc(OC)cc4)c4ccc([nH]4)C(O)(c4ccc(OC)cc4)c4ccc2[nH]4)C=C3)cc1. The molecule has 5 heterocycles. The maximum atomic E-state index is 12.9. The van der Waals surface area contributed by atoms with Gasteiger partial charge in [0, 0.05) is 22.5 Å². The smallest absolute Gasteiger partial charge is 0.169 e. The van der Waals surface area contributed by atoms with Crippen molar-refractivity contribution >= 4 is 22.6 Å². The van der Waals surface area contributed by atoms with E-state index in [4.69, 9.17) is 24.2 Å². The first-order valence-corrected chi connectivity index (χ1v) is 15.6. The van der Waals surface area contributed by atoms with Gasteiger partial charge in [-0.05, 0) is 102 Å². The second-order valence-electron chi connectivity index (χ2n) is 11.6. The number of aliphatic hydroxyl groups is 1. The Labute approximate surface area is 277 Å². The Morgan fingerprint density at radius 3 is 1.29 bits per heavy atom. The molecule has 3 aliphatic rings. The van der Waals surface area contributed by atoms with Crippen LogP contribution in [0.5, 0.6) is 17.2 Å². The summed E-state index contributed by atoms with van der Waals surface area (Å²) < 4.78 is 16.3. The molecular formula is C40H32N4O4. The number of aromatic nitrogens is 2. The van der Waals surface area contributed by atoms with Crippen LogP contribution in [0.4, 0.5) is 0 Å². The molecule has 0 saturated heterocycles. The van der Waals surface area contributed by atoms with Crippen molar-refractivity contribution < 1.29 is 19.3 Å². The molecule has 0 fully saturated rings. The molecule has 0 aliphatic carbocycles. The van der Waals surface area contributed by atoms with E-state index in [0.29, 0.717) is 22.7 Å². The van der Waals surface area contributed by atoms with Crippen molar-refractivity contribution in [2.75, 3.05) is 21.3 Å². The number of nitrogens with zero attached hydrogens (tertiary/aromatic N) is 2. The van der Waals surface area contributed by atoms with Crippen molar-refractivity contribution in [3.05, 3.63) is 172 Å². The number of rotatable bonds is 6. The number of hydrogen-bond acceptors (Lipinski definition) is 6. The van der Waals surface area contributed by atoms with Crippen LogP contribution >= 0.6 is 0 Å². The molecule has 0 amide bonds. The summed E-state index contributed by atoms with van der Waals surface area (Å²) in [5.41, 5.74) is 8.57. The number of fused-ring (bicyclic) bond motifs is 7. The predicted molar refractivity (Wildman–Crippen MR) is 188 cm³/mol. The Kier molecular flexibility index (Phi) is 7.08. The van der Waals surface area contributed by atoms with Gasteiger partial charge >= 0.3 is 0 Å². The second kappa shape index (κ2) is 11.6. The molecule has 236 valence electrons. The Balaban J connectivity index is 1.40. The van der Waals surface area contributed by atoms with Crippen molar-refractivity contribution in [3.63, 3.8) is 0 Å². The van der Waals surface area contributed by atoms with E-state index >= 15 is 0 Å². The molecule has 3 aliphatic heterocycles. The quantitative estimate of drug-likeness (QED) is 0.184. The third-order valence-electron chi connectivity index (χ3n) is 9.01. The molecule has 8 bridgehead atoms. The molecule has 8 nitrogen and oxygen atoms in total. The minimum absolute atomic E-state index is 0.586. The summed E-state index contributed by atoms with van der Waals surface area (Å²) in [5.74, 6) is 2.21. The first-order valence-electron chi connectivity index (χ1n) is 15.6. The van der Waals surface area contributed by atoms with Crippen LogP contribution in [0.1, 0.15) is 39.5 Å². The molecule has 0 spiro atoms. The highest BCUT2D eigenvalue weighted by molar-refractivity contribution is 6.52. The Morgan fingerprint density at radius 2 is 0.896 bits per heavy atom. The molecule has 2 aromatic heterocycles. The summed E-state index contributed by atoms with van der Waals surface area (Å²) in [5, 5.41) is 12.9. The fraction of sp³-hybridized carbons (Fsp3) is 0.100. The summed E-state index contributed by atoms with van der Waals surface area (Å²) in [7, 11) is 4.93. The van der Waals surface area contributed by atoms with Gasteiger partial charge in [0.1, 0.15) is 17.2 Å². The van der Waals surface area contributed by atoms with Gasteiger partial charge in [-0.25, -0.2) is 9.98 Å². The van der Waals surface area contributed by atoms with E-state index < -0.39 is 5.60 Å². The van der Waals surface area contributed by atoms with Crippen LogP contribution in [0.2, 0.25) is 0 Å². The molecule has 8 rings (SSSR count). The molecular weight excluding hydrogens is 600 g/mol. The molecule has 0 atom stereocenters. The average molecular weight is 633 g/mol. The van der Waals surface area contributed by atoms with Crippen molar-refractivity contribution in [2.45, 2.75) is 5.60 Å². The van der Waals surface area contributed by atoms with Gasteiger partial charge in [-0.15, -0.1) is 0 Å². The lowest BCUT2D eigenvalue weighted by molar-refractivity contribution is 0.117. The van der Waals surface area contributed by atoms with E-state index in [1.165, 1.54) is 0 Å². The number of H-pyrrole nitrogens is 2.